The largest absolute Gasteiger partial charge is 0.327 e. The Morgan fingerprint density at radius 3 is 2.42 bits per heavy atom. The lowest BCUT2D eigenvalue weighted by Crippen LogP contribution is -2.33. The van der Waals surface area contributed by atoms with E-state index in [1.54, 1.807) is 42.5 Å². The fourth-order valence-corrected chi connectivity index (χ4v) is 2.42. The molecule has 0 amide bonds. The van der Waals surface area contributed by atoms with E-state index < -0.39 is 11.5 Å². The summed E-state index contributed by atoms with van der Waals surface area (Å²) >= 11 is 3.26. The molecule has 0 heterocycles. The third kappa shape index (κ3) is 3.19. The molecule has 0 spiro atoms. The summed E-state index contributed by atoms with van der Waals surface area (Å²) in [4.78, 5) is 0. The third-order valence-corrected chi connectivity index (χ3v) is 3.59. The molecule has 0 bridgehead atoms. The van der Waals surface area contributed by atoms with Crippen LogP contribution in [0.1, 0.15) is 11.1 Å². The SMILES string of the molecule is NCC(F)(Cc1cc(Br)ccc1F)c1ccccc1. The molecule has 0 saturated carbocycles. The van der Waals surface area contributed by atoms with Crippen LogP contribution in [0.5, 0.6) is 0 Å². The first-order chi connectivity index (χ1) is 9.05. The van der Waals surface area contributed by atoms with Gasteiger partial charge in [-0.05, 0) is 29.3 Å². The smallest absolute Gasteiger partial charge is 0.152 e. The number of rotatable bonds is 4. The second-order valence-electron chi connectivity index (χ2n) is 4.45. The van der Waals surface area contributed by atoms with Crippen molar-refractivity contribution >= 4 is 15.9 Å². The topological polar surface area (TPSA) is 26.0 Å². The highest BCUT2D eigenvalue weighted by Crippen LogP contribution is 2.31. The van der Waals surface area contributed by atoms with Gasteiger partial charge in [0.05, 0.1) is 0 Å². The van der Waals surface area contributed by atoms with Crippen molar-refractivity contribution in [2.45, 2.75) is 12.1 Å². The third-order valence-electron chi connectivity index (χ3n) is 3.09. The summed E-state index contributed by atoms with van der Waals surface area (Å²) in [5.74, 6) is -0.422. The van der Waals surface area contributed by atoms with Gasteiger partial charge in [-0.25, -0.2) is 8.78 Å². The van der Waals surface area contributed by atoms with E-state index >= 15 is 0 Å². The van der Waals surface area contributed by atoms with Crippen LogP contribution in [0.3, 0.4) is 0 Å². The van der Waals surface area contributed by atoms with Crippen LogP contribution in [-0.4, -0.2) is 6.54 Å². The minimum Gasteiger partial charge on any atom is -0.327 e. The lowest BCUT2D eigenvalue weighted by molar-refractivity contribution is 0.173. The van der Waals surface area contributed by atoms with E-state index in [0.717, 1.165) is 4.47 Å². The predicted molar refractivity (Wildman–Crippen MR) is 76.1 cm³/mol. The molecule has 100 valence electrons. The van der Waals surface area contributed by atoms with Crippen molar-refractivity contribution in [2.24, 2.45) is 5.73 Å². The maximum absolute atomic E-state index is 14.9. The van der Waals surface area contributed by atoms with E-state index in [2.05, 4.69) is 15.9 Å². The maximum Gasteiger partial charge on any atom is 0.152 e. The molecular weight excluding hydrogens is 312 g/mol. The summed E-state index contributed by atoms with van der Waals surface area (Å²) in [5, 5.41) is 0. The van der Waals surface area contributed by atoms with Gasteiger partial charge >= 0.3 is 0 Å². The first-order valence-corrected chi connectivity index (χ1v) is 6.73. The van der Waals surface area contributed by atoms with Crippen molar-refractivity contribution in [3.8, 4) is 0 Å². The van der Waals surface area contributed by atoms with Crippen LogP contribution in [0.25, 0.3) is 0 Å². The molecule has 0 aliphatic rings. The summed E-state index contributed by atoms with van der Waals surface area (Å²) in [7, 11) is 0. The Morgan fingerprint density at radius 2 is 1.79 bits per heavy atom. The average molecular weight is 326 g/mol. The summed E-state index contributed by atoms with van der Waals surface area (Å²) in [6, 6.07) is 13.1. The molecular formula is C15H14BrF2N. The lowest BCUT2D eigenvalue weighted by atomic mass is 9.89. The van der Waals surface area contributed by atoms with Gasteiger partial charge in [0.1, 0.15) is 5.82 Å². The molecule has 0 aliphatic heterocycles. The van der Waals surface area contributed by atoms with Crippen LogP contribution < -0.4 is 5.73 Å². The van der Waals surface area contributed by atoms with E-state index in [1.807, 2.05) is 0 Å². The number of alkyl halides is 1. The minimum absolute atomic E-state index is 0.0845. The van der Waals surface area contributed by atoms with Crippen molar-refractivity contribution < 1.29 is 8.78 Å². The highest BCUT2D eigenvalue weighted by Gasteiger charge is 2.31. The van der Waals surface area contributed by atoms with E-state index in [-0.39, 0.29) is 13.0 Å². The summed E-state index contributed by atoms with van der Waals surface area (Å²) in [5.41, 5.74) is 4.59. The molecule has 2 aromatic rings. The summed E-state index contributed by atoms with van der Waals surface area (Å²) in [6.45, 7) is -0.192. The number of benzene rings is 2. The maximum atomic E-state index is 14.9. The molecule has 2 rings (SSSR count). The molecule has 0 aliphatic carbocycles. The van der Waals surface area contributed by atoms with Crippen LogP contribution in [0.2, 0.25) is 0 Å². The van der Waals surface area contributed by atoms with Crippen molar-refractivity contribution in [1.29, 1.82) is 0 Å². The van der Waals surface area contributed by atoms with Gasteiger partial charge in [0, 0.05) is 17.4 Å². The van der Waals surface area contributed by atoms with Crippen LogP contribution in [0, 0.1) is 5.82 Å². The molecule has 0 fully saturated rings. The van der Waals surface area contributed by atoms with Gasteiger partial charge < -0.3 is 5.73 Å². The molecule has 1 unspecified atom stereocenters. The summed E-state index contributed by atoms with van der Waals surface area (Å²) < 4.78 is 29.4. The first-order valence-electron chi connectivity index (χ1n) is 5.93. The Morgan fingerprint density at radius 1 is 1.11 bits per heavy atom. The van der Waals surface area contributed by atoms with Crippen molar-refractivity contribution in [2.75, 3.05) is 6.54 Å². The first kappa shape index (κ1) is 14.2. The summed E-state index contributed by atoms with van der Waals surface area (Å²) in [6.07, 6.45) is -0.0845. The molecule has 0 radical (unpaired) electrons. The highest BCUT2D eigenvalue weighted by atomic mass is 79.9. The number of hydrogen-bond donors (Lipinski definition) is 1. The molecule has 19 heavy (non-hydrogen) atoms. The Balaban J connectivity index is 2.36. The second kappa shape index (κ2) is 5.80. The Labute approximate surface area is 119 Å². The minimum atomic E-state index is -1.76. The molecule has 1 nitrogen and oxygen atoms in total. The monoisotopic (exact) mass is 325 g/mol. The molecule has 1 atom stereocenters. The standard InChI is InChI=1S/C15H14BrF2N/c16-13-6-7-14(17)11(8-13)9-15(18,10-19)12-4-2-1-3-5-12/h1-8H,9-10,19H2. The van der Waals surface area contributed by atoms with Gasteiger partial charge in [-0.2, -0.15) is 0 Å². The van der Waals surface area contributed by atoms with Crippen LogP contribution in [0.15, 0.2) is 53.0 Å². The quantitative estimate of drug-likeness (QED) is 0.904. The highest BCUT2D eigenvalue weighted by molar-refractivity contribution is 9.10. The van der Waals surface area contributed by atoms with E-state index in [0.29, 0.717) is 11.1 Å². The van der Waals surface area contributed by atoms with Crippen molar-refractivity contribution in [3.63, 3.8) is 0 Å². The van der Waals surface area contributed by atoms with Crippen LogP contribution >= 0.6 is 15.9 Å². The van der Waals surface area contributed by atoms with Gasteiger partial charge in [0.25, 0.3) is 0 Å². The molecule has 2 N–H and O–H groups in total. The van der Waals surface area contributed by atoms with Crippen molar-refractivity contribution in [3.05, 3.63) is 69.9 Å². The van der Waals surface area contributed by atoms with Crippen molar-refractivity contribution in [1.82, 2.24) is 0 Å². The Kier molecular flexibility index (Phi) is 4.32. The molecule has 2 aromatic carbocycles. The van der Waals surface area contributed by atoms with E-state index in [9.17, 15) is 8.78 Å². The van der Waals surface area contributed by atoms with Crippen LogP contribution in [-0.2, 0) is 12.1 Å². The zero-order valence-corrected chi connectivity index (χ0v) is 11.8. The Hall–Kier alpha value is -1.26. The zero-order valence-electron chi connectivity index (χ0n) is 10.2. The molecule has 0 aromatic heterocycles. The number of nitrogens with two attached hydrogens (primary N) is 1. The zero-order chi connectivity index (χ0) is 13.9. The van der Waals surface area contributed by atoms with Gasteiger partial charge in [-0.3, -0.25) is 0 Å². The second-order valence-corrected chi connectivity index (χ2v) is 5.36. The fraction of sp³-hybridized carbons (Fsp3) is 0.200. The number of hydrogen-bond acceptors (Lipinski definition) is 1. The molecule has 0 saturated heterocycles. The van der Waals surface area contributed by atoms with Gasteiger partial charge in [-0.15, -0.1) is 0 Å². The van der Waals surface area contributed by atoms with Crippen LogP contribution in [0.4, 0.5) is 8.78 Å². The van der Waals surface area contributed by atoms with E-state index in [4.69, 9.17) is 5.73 Å². The fourth-order valence-electron chi connectivity index (χ4n) is 2.01. The van der Waals surface area contributed by atoms with Gasteiger partial charge in [-0.1, -0.05) is 46.3 Å². The lowest BCUT2D eigenvalue weighted by Gasteiger charge is -2.24. The van der Waals surface area contributed by atoms with Gasteiger partial charge in [0.15, 0.2) is 5.67 Å². The molecule has 4 heteroatoms. The van der Waals surface area contributed by atoms with Gasteiger partial charge in [0.2, 0.25) is 0 Å². The number of halogens is 3. The Bertz CT molecular complexity index is 559. The predicted octanol–water partition coefficient (Wildman–Crippen LogP) is 3.95. The van der Waals surface area contributed by atoms with E-state index in [1.165, 1.54) is 6.07 Å². The average Bonchev–Trinajstić information content (AvgIpc) is 2.44. The normalized spacial score (nSPS) is 14.1.